The van der Waals surface area contributed by atoms with Crippen molar-refractivity contribution in [2.45, 2.75) is 29.8 Å². The van der Waals surface area contributed by atoms with Crippen molar-refractivity contribution in [3.05, 3.63) is 11.3 Å². The zero-order valence-corrected chi connectivity index (χ0v) is 19.3. The van der Waals surface area contributed by atoms with E-state index in [2.05, 4.69) is 28.1 Å². The molecule has 2 amide bonds. The summed E-state index contributed by atoms with van der Waals surface area (Å²) >= 11 is 12.8. The van der Waals surface area contributed by atoms with Gasteiger partial charge in [-0.25, -0.2) is 9.79 Å². The zero-order valence-electron chi connectivity index (χ0n) is 16.0. The molecule has 0 aromatic rings. The number of aliphatic carboxylic acids is 1. The molecule has 1 saturated heterocycles. The minimum Gasteiger partial charge on any atom is -0.479 e. The highest BCUT2D eigenvalue weighted by Crippen LogP contribution is 2.42. The van der Waals surface area contributed by atoms with Gasteiger partial charge in [0, 0.05) is 11.5 Å². The molecular formula is C16H18ClN5O6S3. The molecule has 1 fully saturated rings. The number of thioether (sulfide) groups is 2. The normalized spacial score (nSPS) is 28.0. The number of fused-ring (bicyclic) bond motifs is 1. The van der Waals surface area contributed by atoms with E-state index >= 15 is 0 Å². The number of hydrogen-bond donors (Lipinski definition) is 4. The monoisotopic (exact) mass is 507 g/mol. The highest BCUT2D eigenvalue weighted by molar-refractivity contribution is 8.14. The lowest BCUT2D eigenvalue weighted by atomic mass is 10.0. The van der Waals surface area contributed by atoms with E-state index in [4.69, 9.17) is 27.3 Å². The maximum absolute atomic E-state index is 12.9. The molecule has 4 N–H and O–H groups in total. The third-order valence-corrected chi connectivity index (χ3v) is 7.64. The van der Waals surface area contributed by atoms with Gasteiger partial charge in [-0.2, -0.15) is 0 Å². The van der Waals surface area contributed by atoms with Crippen molar-refractivity contribution in [3.63, 3.8) is 0 Å². The minimum absolute atomic E-state index is 0.0624. The smallest absolute Gasteiger partial charge is 0.344 e. The van der Waals surface area contributed by atoms with Crippen LogP contribution in [0.1, 0.15) is 13.3 Å². The summed E-state index contributed by atoms with van der Waals surface area (Å²) in [6.45, 7) is 1.07. The molecule has 11 nitrogen and oxygen atoms in total. The summed E-state index contributed by atoms with van der Waals surface area (Å²) in [7, 11) is 0. The van der Waals surface area contributed by atoms with Crippen molar-refractivity contribution >= 4 is 81.5 Å². The van der Waals surface area contributed by atoms with Gasteiger partial charge in [-0.1, -0.05) is 48.1 Å². The number of carbonyl (C=O) groups is 4. The van der Waals surface area contributed by atoms with E-state index in [0.717, 1.165) is 17.3 Å². The average Bonchev–Trinajstić information content (AvgIpc) is 3.06. The molecule has 3 rings (SSSR count). The van der Waals surface area contributed by atoms with Crippen LogP contribution in [0.2, 0.25) is 0 Å². The molecule has 168 valence electrons. The van der Waals surface area contributed by atoms with Crippen molar-refractivity contribution in [3.8, 4) is 0 Å². The Hall–Kier alpha value is -1.90. The van der Waals surface area contributed by atoms with Crippen molar-refractivity contribution in [2.75, 3.05) is 18.1 Å². The number of thiol groups is 1. The lowest BCUT2D eigenvalue weighted by molar-refractivity contribution is -0.146. The number of amides is 2. The highest BCUT2D eigenvalue weighted by atomic mass is 35.5. The van der Waals surface area contributed by atoms with E-state index < -0.39 is 51.6 Å². The SMILES string of the molecule is CCC1=C(C(=O)S)N2C(=O)C(NC(=O)C(=NOCC(=O)O)C3(Cl)CSC(N)=N3)[C@H]2SC1. The maximum atomic E-state index is 12.9. The number of carboxylic acid groups (broad SMARTS) is 1. The van der Waals surface area contributed by atoms with Crippen LogP contribution < -0.4 is 11.1 Å². The first-order chi connectivity index (χ1) is 14.6. The number of amidine groups is 1. The van der Waals surface area contributed by atoms with E-state index in [-0.39, 0.29) is 16.6 Å². The predicted octanol–water partition coefficient (Wildman–Crippen LogP) is -0.0394. The minimum atomic E-state index is -1.68. The number of aliphatic imine (C=N–C) groups is 1. The summed E-state index contributed by atoms with van der Waals surface area (Å²) in [5.41, 5.74) is 6.26. The number of carboxylic acids is 1. The summed E-state index contributed by atoms with van der Waals surface area (Å²) in [5, 5.41) is 13.9. The van der Waals surface area contributed by atoms with Crippen LogP contribution in [-0.4, -0.2) is 78.3 Å². The Labute approximate surface area is 195 Å². The second-order valence-corrected chi connectivity index (χ2v) is 9.71. The van der Waals surface area contributed by atoms with Crippen LogP contribution in [0.15, 0.2) is 21.4 Å². The van der Waals surface area contributed by atoms with Crippen LogP contribution in [0.3, 0.4) is 0 Å². The Morgan fingerprint density at radius 2 is 2.23 bits per heavy atom. The number of carbonyl (C=O) groups excluding carboxylic acids is 3. The van der Waals surface area contributed by atoms with Gasteiger partial charge in [0.05, 0.1) is 5.70 Å². The quantitative estimate of drug-likeness (QED) is 0.0880. The van der Waals surface area contributed by atoms with Crippen LogP contribution in [0, 0.1) is 0 Å². The van der Waals surface area contributed by atoms with Crippen LogP contribution in [0.25, 0.3) is 0 Å². The van der Waals surface area contributed by atoms with Gasteiger partial charge < -0.3 is 21.0 Å². The van der Waals surface area contributed by atoms with Gasteiger partial charge in [0.25, 0.3) is 11.8 Å². The molecule has 0 aliphatic carbocycles. The van der Waals surface area contributed by atoms with Crippen LogP contribution in [-0.2, 0) is 24.0 Å². The first kappa shape index (κ1) is 23.8. The summed E-state index contributed by atoms with van der Waals surface area (Å²) in [6.07, 6.45) is 0.589. The van der Waals surface area contributed by atoms with E-state index in [0.29, 0.717) is 12.2 Å². The Balaban J connectivity index is 1.80. The number of oxime groups is 1. The topological polar surface area (TPSA) is 164 Å². The standard InChI is InChI=1S/C16H18ClN5O6S3/c1-2-6-4-30-13-8(12(26)22(13)9(6)14(27)29)19-11(25)10(21-28-3-7(23)24)16(17)5-31-15(18)20-16/h8,13H,2-5H2,1H3,(H2,18,20)(H,19,25)(H,23,24)(H,27,29)/t8?,13-,16?/m1/s1. The fourth-order valence-electron chi connectivity index (χ4n) is 3.13. The highest BCUT2D eigenvalue weighted by Gasteiger charge is 2.54. The van der Waals surface area contributed by atoms with Crippen LogP contribution in [0.4, 0.5) is 0 Å². The molecule has 0 aromatic heterocycles. The fourth-order valence-corrected chi connectivity index (χ4v) is 6.03. The molecule has 31 heavy (non-hydrogen) atoms. The number of β-lactam (4-membered cyclic amide) rings is 1. The van der Waals surface area contributed by atoms with Crippen molar-refractivity contribution in [2.24, 2.45) is 15.9 Å². The molecule has 0 radical (unpaired) electrons. The predicted molar refractivity (Wildman–Crippen MR) is 120 cm³/mol. The second kappa shape index (κ2) is 9.30. The maximum Gasteiger partial charge on any atom is 0.344 e. The molecule has 15 heteroatoms. The number of nitrogens with one attached hydrogen (secondary N) is 1. The Morgan fingerprint density at radius 1 is 1.52 bits per heavy atom. The molecule has 2 unspecified atom stereocenters. The summed E-state index contributed by atoms with van der Waals surface area (Å²) in [4.78, 5) is 56.6. The van der Waals surface area contributed by atoms with Gasteiger partial charge in [-0.15, -0.1) is 11.8 Å². The van der Waals surface area contributed by atoms with Gasteiger partial charge in [0.15, 0.2) is 15.9 Å². The third kappa shape index (κ3) is 4.66. The molecule has 3 aliphatic heterocycles. The van der Waals surface area contributed by atoms with E-state index in [1.165, 1.54) is 16.7 Å². The van der Waals surface area contributed by atoms with E-state index in [1.54, 1.807) is 0 Å². The van der Waals surface area contributed by atoms with Gasteiger partial charge in [0.2, 0.25) is 11.7 Å². The van der Waals surface area contributed by atoms with Gasteiger partial charge >= 0.3 is 5.97 Å². The third-order valence-electron chi connectivity index (χ3n) is 4.58. The number of alkyl halides is 1. The van der Waals surface area contributed by atoms with Gasteiger partial charge in [-0.05, 0) is 12.0 Å². The first-order valence-electron chi connectivity index (χ1n) is 8.89. The molecule has 0 saturated carbocycles. The number of halogens is 1. The Bertz CT molecular complexity index is 941. The van der Waals surface area contributed by atoms with E-state index in [1.807, 2.05) is 6.92 Å². The summed E-state index contributed by atoms with van der Waals surface area (Å²) in [6, 6.07) is -0.945. The van der Waals surface area contributed by atoms with Crippen LogP contribution >= 0.6 is 47.8 Å². The molecule has 3 aliphatic rings. The second-order valence-electron chi connectivity index (χ2n) is 6.58. The zero-order chi connectivity index (χ0) is 22.9. The number of nitrogens with two attached hydrogens (primary N) is 1. The molecule has 0 spiro atoms. The van der Waals surface area contributed by atoms with Gasteiger partial charge in [0.1, 0.15) is 11.4 Å². The Kier molecular flexibility index (Phi) is 7.13. The molecular weight excluding hydrogens is 490 g/mol. The largest absolute Gasteiger partial charge is 0.479 e. The van der Waals surface area contributed by atoms with Crippen molar-refractivity contribution in [1.82, 2.24) is 10.2 Å². The van der Waals surface area contributed by atoms with Crippen molar-refractivity contribution < 1.29 is 29.1 Å². The molecule has 0 aromatic carbocycles. The average molecular weight is 508 g/mol. The van der Waals surface area contributed by atoms with Crippen LogP contribution in [0.5, 0.6) is 0 Å². The van der Waals surface area contributed by atoms with E-state index in [9.17, 15) is 19.2 Å². The lowest BCUT2D eigenvalue weighted by Gasteiger charge is -2.50. The summed E-state index contributed by atoms with van der Waals surface area (Å²) < 4.78 is 0. The number of rotatable bonds is 8. The number of nitrogens with zero attached hydrogens (tertiary/aromatic N) is 3. The Morgan fingerprint density at radius 3 is 2.77 bits per heavy atom. The fraction of sp³-hybridized carbons (Fsp3) is 0.500. The number of hydrogen-bond acceptors (Lipinski definition) is 10. The first-order valence-corrected chi connectivity index (χ1v) is 11.7. The molecule has 0 bridgehead atoms. The van der Waals surface area contributed by atoms with Gasteiger partial charge in [-0.3, -0.25) is 19.3 Å². The molecule has 3 atom stereocenters. The van der Waals surface area contributed by atoms with Crippen molar-refractivity contribution in [1.29, 1.82) is 0 Å². The lowest BCUT2D eigenvalue weighted by Crippen LogP contribution is -2.71. The summed E-state index contributed by atoms with van der Waals surface area (Å²) in [5.74, 6) is -2.07. The molecule has 3 heterocycles.